The van der Waals surface area contributed by atoms with Gasteiger partial charge >= 0.3 is 0 Å². The van der Waals surface area contributed by atoms with Crippen LogP contribution in [0.15, 0.2) is 24.3 Å². The van der Waals surface area contributed by atoms with Crippen LogP contribution in [0.1, 0.15) is 44.1 Å². The van der Waals surface area contributed by atoms with Crippen LogP contribution in [0.25, 0.3) is 0 Å². The molecule has 138 valence electrons. The van der Waals surface area contributed by atoms with Crippen LogP contribution in [0, 0.1) is 5.82 Å². The van der Waals surface area contributed by atoms with Gasteiger partial charge in [-0.2, -0.15) is 0 Å². The summed E-state index contributed by atoms with van der Waals surface area (Å²) in [5.74, 6) is -0.659. The largest absolute Gasteiger partial charge is 0.393 e. The lowest BCUT2D eigenvalue weighted by molar-refractivity contribution is -0.157. The molecule has 3 rings (SSSR count). The molecule has 1 aromatic rings. The molecule has 1 unspecified atom stereocenters. The molecule has 1 saturated carbocycles. The van der Waals surface area contributed by atoms with Crippen LogP contribution < -0.4 is 5.32 Å². The molecule has 1 amide bonds. The lowest BCUT2D eigenvalue weighted by atomic mass is 9.89. The molecule has 0 radical (unpaired) electrons. The van der Waals surface area contributed by atoms with Crippen molar-refractivity contribution in [2.75, 3.05) is 13.1 Å². The van der Waals surface area contributed by atoms with Gasteiger partial charge in [0.25, 0.3) is 5.91 Å². The fourth-order valence-electron chi connectivity index (χ4n) is 3.81. The molecule has 0 aromatic heterocycles. The molecule has 6 heteroatoms. The molecule has 1 atom stereocenters. The van der Waals surface area contributed by atoms with E-state index in [1.165, 1.54) is 6.07 Å². The highest BCUT2D eigenvalue weighted by molar-refractivity contribution is 5.86. The Kier molecular flexibility index (Phi) is 5.71. The summed E-state index contributed by atoms with van der Waals surface area (Å²) in [4.78, 5) is 14.3. The second-order valence-corrected chi connectivity index (χ2v) is 7.34. The van der Waals surface area contributed by atoms with Crippen molar-refractivity contribution in [3.63, 3.8) is 0 Å². The number of hydrogen-bond acceptors (Lipinski definition) is 4. The van der Waals surface area contributed by atoms with E-state index in [1.54, 1.807) is 23.1 Å². The molecule has 1 saturated heterocycles. The van der Waals surface area contributed by atoms with Crippen molar-refractivity contribution < 1.29 is 19.4 Å². The molecule has 5 nitrogen and oxygen atoms in total. The first-order chi connectivity index (χ1) is 12.0. The Morgan fingerprint density at radius 1 is 1.24 bits per heavy atom. The molecular formula is C19H27FN2O3. The predicted octanol–water partition coefficient (Wildman–Crippen LogP) is 1.57. The fraction of sp³-hybridized carbons (Fsp3) is 0.632. The van der Waals surface area contributed by atoms with Crippen molar-refractivity contribution in [1.82, 2.24) is 10.2 Å². The van der Waals surface area contributed by atoms with Crippen molar-refractivity contribution in [1.29, 1.82) is 0 Å². The SMILES string of the molecule is O=C1N(Cc2ccccc2F)CCCC1(O)CNC1CCC(O)CC1. The maximum atomic E-state index is 13.9. The lowest BCUT2D eigenvalue weighted by Crippen LogP contribution is -2.59. The maximum absolute atomic E-state index is 13.9. The Labute approximate surface area is 147 Å². The number of aliphatic hydroxyl groups excluding tert-OH is 1. The number of piperidine rings is 1. The Balaban J connectivity index is 1.59. The van der Waals surface area contributed by atoms with Crippen molar-refractivity contribution in [2.24, 2.45) is 0 Å². The van der Waals surface area contributed by atoms with E-state index in [1.807, 2.05) is 0 Å². The van der Waals surface area contributed by atoms with Crippen LogP contribution in [0.3, 0.4) is 0 Å². The van der Waals surface area contributed by atoms with Gasteiger partial charge in [0.2, 0.25) is 0 Å². The van der Waals surface area contributed by atoms with Crippen molar-refractivity contribution >= 4 is 5.91 Å². The fourth-order valence-corrected chi connectivity index (χ4v) is 3.81. The molecule has 2 aliphatic rings. The Hall–Kier alpha value is -1.50. The van der Waals surface area contributed by atoms with Gasteiger partial charge in [0.15, 0.2) is 5.60 Å². The summed E-state index contributed by atoms with van der Waals surface area (Å²) in [7, 11) is 0. The standard InChI is InChI=1S/C19H27FN2O3/c20-17-5-2-1-4-14(17)12-22-11-3-10-19(25,18(22)24)13-21-15-6-8-16(23)9-7-15/h1-2,4-5,15-16,21,23,25H,3,6-13H2. The molecule has 3 N–H and O–H groups in total. The zero-order valence-corrected chi connectivity index (χ0v) is 14.5. The molecule has 1 heterocycles. The minimum atomic E-state index is -1.43. The van der Waals surface area contributed by atoms with E-state index in [9.17, 15) is 19.4 Å². The predicted molar refractivity (Wildman–Crippen MR) is 92.3 cm³/mol. The summed E-state index contributed by atoms with van der Waals surface area (Å²) in [6, 6.07) is 6.65. The molecule has 1 aromatic carbocycles. The summed E-state index contributed by atoms with van der Waals surface area (Å²) in [5, 5.41) is 23.7. The molecule has 1 aliphatic carbocycles. The minimum Gasteiger partial charge on any atom is -0.393 e. The normalized spacial score (nSPS) is 30.5. The van der Waals surface area contributed by atoms with Gasteiger partial charge in [-0.1, -0.05) is 18.2 Å². The van der Waals surface area contributed by atoms with E-state index >= 15 is 0 Å². The molecule has 2 fully saturated rings. The third-order valence-corrected chi connectivity index (χ3v) is 5.40. The van der Waals surface area contributed by atoms with Crippen molar-refractivity contribution in [2.45, 2.75) is 62.8 Å². The number of amides is 1. The summed E-state index contributed by atoms with van der Waals surface area (Å²) in [5.41, 5.74) is -0.964. The van der Waals surface area contributed by atoms with E-state index in [4.69, 9.17) is 0 Å². The number of hydrogen-bond donors (Lipinski definition) is 3. The van der Waals surface area contributed by atoms with E-state index in [2.05, 4.69) is 5.32 Å². The second-order valence-electron chi connectivity index (χ2n) is 7.34. The van der Waals surface area contributed by atoms with Gasteiger partial charge < -0.3 is 20.4 Å². The maximum Gasteiger partial charge on any atom is 0.256 e. The van der Waals surface area contributed by atoms with Gasteiger partial charge in [-0.15, -0.1) is 0 Å². The average molecular weight is 350 g/mol. The summed E-state index contributed by atoms with van der Waals surface area (Å²) in [6.07, 6.45) is 4.10. The van der Waals surface area contributed by atoms with Gasteiger partial charge in [-0.25, -0.2) is 4.39 Å². The van der Waals surface area contributed by atoms with Crippen LogP contribution in [-0.4, -0.2) is 51.9 Å². The van der Waals surface area contributed by atoms with Crippen LogP contribution in [0.4, 0.5) is 4.39 Å². The number of benzene rings is 1. The number of halogens is 1. The topological polar surface area (TPSA) is 72.8 Å². The molecule has 1 aliphatic heterocycles. The highest BCUT2D eigenvalue weighted by atomic mass is 19.1. The smallest absolute Gasteiger partial charge is 0.256 e. The van der Waals surface area contributed by atoms with E-state index in [-0.39, 0.29) is 37.0 Å². The van der Waals surface area contributed by atoms with Crippen LogP contribution >= 0.6 is 0 Å². The third-order valence-electron chi connectivity index (χ3n) is 5.40. The summed E-state index contributed by atoms with van der Waals surface area (Å²) >= 11 is 0. The third kappa shape index (κ3) is 4.37. The van der Waals surface area contributed by atoms with E-state index in [0.29, 0.717) is 24.9 Å². The van der Waals surface area contributed by atoms with Gasteiger partial charge in [0, 0.05) is 31.2 Å². The molecule has 25 heavy (non-hydrogen) atoms. The first kappa shape index (κ1) is 18.3. The second kappa shape index (κ2) is 7.81. The first-order valence-corrected chi connectivity index (χ1v) is 9.14. The molecule has 0 spiro atoms. The Bertz CT molecular complexity index is 604. The van der Waals surface area contributed by atoms with Crippen LogP contribution in [0.5, 0.6) is 0 Å². The van der Waals surface area contributed by atoms with Gasteiger partial charge in [0.05, 0.1) is 6.10 Å². The molecular weight excluding hydrogens is 323 g/mol. The van der Waals surface area contributed by atoms with E-state index in [0.717, 1.165) is 25.7 Å². The summed E-state index contributed by atoms with van der Waals surface area (Å²) < 4.78 is 13.9. The number of carbonyl (C=O) groups is 1. The van der Waals surface area contributed by atoms with Gasteiger partial charge in [0.1, 0.15) is 5.82 Å². The van der Waals surface area contributed by atoms with Gasteiger partial charge in [-0.05, 0) is 44.6 Å². The quantitative estimate of drug-likeness (QED) is 0.754. The van der Waals surface area contributed by atoms with E-state index < -0.39 is 5.60 Å². The number of carbonyl (C=O) groups excluding carboxylic acids is 1. The Morgan fingerprint density at radius 2 is 1.96 bits per heavy atom. The van der Waals surface area contributed by atoms with Crippen molar-refractivity contribution in [3.8, 4) is 0 Å². The van der Waals surface area contributed by atoms with Crippen LogP contribution in [-0.2, 0) is 11.3 Å². The average Bonchev–Trinajstić information content (AvgIpc) is 2.61. The molecule has 0 bridgehead atoms. The number of nitrogens with one attached hydrogen (secondary N) is 1. The number of aliphatic hydroxyl groups is 2. The zero-order valence-electron chi connectivity index (χ0n) is 14.5. The minimum absolute atomic E-state index is 0.184. The van der Waals surface area contributed by atoms with Crippen LogP contribution in [0.2, 0.25) is 0 Å². The number of nitrogens with zero attached hydrogens (tertiary/aromatic N) is 1. The monoisotopic (exact) mass is 350 g/mol. The number of likely N-dealkylation sites (tertiary alicyclic amines) is 1. The van der Waals surface area contributed by atoms with Gasteiger partial charge in [-0.3, -0.25) is 4.79 Å². The van der Waals surface area contributed by atoms with Crippen molar-refractivity contribution in [3.05, 3.63) is 35.6 Å². The highest BCUT2D eigenvalue weighted by Crippen LogP contribution is 2.25. The first-order valence-electron chi connectivity index (χ1n) is 9.14. The summed E-state index contributed by atoms with van der Waals surface area (Å²) in [6.45, 7) is 0.925. The number of rotatable bonds is 5. The lowest BCUT2D eigenvalue weighted by Gasteiger charge is -2.39. The Morgan fingerprint density at radius 3 is 2.68 bits per heavy atom. The highest BCUT2D eigenvalue weighted by Gasteiger charge is 2.42. The zero-order chi connectivity index (χ0) is 17.9.